The molecule has 2 aromatic heterocycles. The van der Waals surface area contributed by atoms with Gasteiger partial charge in [-0.2, -0.15) is 0 Å². The van der Waals surface area contributed by atoms with Crippen LogP contribution in [0, 0.1) is 0 Å². The van der Waals surface area contributed by atoms with Gasteiger partial charge >= 0.3 is 0 Å². The summed E-state index contributed by atoms with van der Waals surface area (Å²) in [5.74, 6) is 0. The van der Waals surface area contributed by atoms with Gasteiger partial charge in [-0.1, -0.05) is 184 Å². The molecule has 0 aliphatic carbocycles. The lowest BCUT2D eigenvalue weighted by Gasteiger charge is -2.22. The summed E-state index contributed by atoms with van der Waals surface area (Å²) in [5.41, 5.74) is 7.24. The van der Waals surface area contributed by atoms with Crippen molar-refractivity contribution in [3.63, 3.8) is 0 Å². The second-order valence-electron chi connectivity index (χ2n) is 12.5. The number of hydrogen-bond acceptors (Lipinski definition) is 4. The highest BCUT2D eigenvalue weighted by molar-refractivity contribution is 7.26. The third-order valence-electron chi connectivity index (χ3n) is 8.11. The predicted octanol–water partition coefficient (Wildman–Crippen LogP) is 11.4. The summed E-state index contributed by atoms with van der Waals surface area (Å²) in [7, 11) is 0. The van der Waals surface area contributed by atoms with Gasteiger partial charge in [0.25, 0.3) is 0 Å². The van der Waals surface area contributed by atoms with E-state index in [0.717, 1.165) is 32.5 Å². The second-order valence-corrected chi connectivity index (χ2v) is 14.5. The fraction of sp³-hybridized carbons (Fsp3) is 0.200. The molecule has 0 unspecified atom stereocenters. The molecule has 0 aliphatic rings. The zero-order valence-electron chi connectivity index (χ0n) is 25.8. The van der Waals surface area contributed by atoms with Crippen LogP contribution in [0.25, 0.3) is 20.8 Å². The van der Waals surface area contributed by atoms with Crippen LogP contribution in [0.5, 0.6) is 0 Å². The third kappa shape index (κ3) is 6.67. The lowest BCUT2D eigenvalue weighted by molar-refractivity contribution is 0.531. The van der Waals surface area contributed by atoms with Crippen LogP contribution in [0.2, 0.25) is 0 Å². The Morgan fingerprint density at radius 1 is 0.477 bits per heavy atom. The zero-order chi connectivity index (χ0) is 30.6. The maximum Gasteiger partial charge on any atom is 0.155 e. The summed E-state index contributed by atoms with van der Waals surface area (Å²) < 4.78 is 0. The van der Waals surface area contributed by atoms with Crippen molar-refractivity contribution in [2.24, 2.45) is 0 Å². The Morgan fingerprint density at radius 3 is 1.02 bits per heavy atom. The number of rotatable bonds is 10. The summed E-state index contributed by atoms with van der Waals surface area (Å²) in [6, 6.07) is 42.7. The van der Waals surface area contributed by atoms with E-state index in [1.54, 1.807) is 22.7 Å². The Kier molecular flexibility index (Phi) is 8.74. The summed E-state index contributed by atoms with van der Waals surface area (Å²) in [5, 5.41) is 2.28. The molecule has 2 heterocycles. The summed E-state index contributed by atoms with van der Waals surface area (Å²) >= 11 is 3.49. The van der Waals surface area contributed by atoms with Crippen molar-refractivity contribution in [3.8, 4) is 0 Å². The molecule has 6 aromatic rings. The molecule has 0 atom stereocenters. The first-order valence-corrected chi connectivity index (χ1v) is 16.8. The second kappa shape index (κ2) is 12.9. The van der Waals surface area contributed by atoms with Crippen molar-refractivity contribution in [1.82, 2.24) is 9.97 Å². The van der Waals surface area contributed by atoms with Crippen LogP contribution >= 0.6 is 22.7 Å². The number of allylic oxidation sites excluding steroid dienone is 2. The first-order chi connectivity index (χ1) is 21.3. The Hall–Kier alpha value is -4.12. The molecule has 2 nitrogen and oxygen atoms in total. The fourth-order valence-corrected chi connectivity index (χ4v) is 7.65. The van der Waals surface area contributed by atoms with E-state index in [1.807, 2.05) is 0 Å². The number of fused-ring (bicyclic) bond motifs is 1. The molecule has 0 radical (unpaired) electrons. The summed E-state index contributed by atoms with van der Waals surface area (Å²) in [6.07, 6.45) is 6.53. The van der Waals surface area contributed by atoms with Crippen molar-refractivity contribution < 1.29 is 0 Å². The van der Waals surface area contributed by atoms with Crippen LogP contribution < -0.4 is 0 Å². The third-order valence-corrected chi connectivity index (χ3v) is 10.9. The van der Waals surface area contributed by atoms with Crippen molar-refractivity contribution in [1.29, 1.82) is 0 Å². The normalized spacial score (nSPS) is 11.8. The van der Waals surface area contributed by atoms with Crippen LogP contribution in [-0.2, 0) is 10.8 Å². The molecule has 0 saturated heterocycles. The van der Waals surface area contributed by atoms with Crippen LogP contribution in [-0.4, -0.2) is 9.97 Å². The summed E-state index contributed by atoms with van der Waals surface area (Å²) in [4.78, 5) is 12.4. The SMILES string of the molecule is CC(C)(CC=C(c1ccccc1)c1ccccc1)c1nc2sc(C(C)(C)CC=C(c3ccccc3)c3ccccc3)nc2s1. The van der Waals surface area contributed by atoms with E-state index < -0.39 is 0 Å². The summed E-state index contributed by atoms with van der Waals surface area (Å²) in [6.45, 7) is 9.18. The Morgan fingerprint density at radius 2 is 0.750 bits per heavy atom. The van der Waals surface area contributed by atoms with Gasteiger partial charge in [0.1, 0.15) is 10.0 Å². The van der Waals surface area contributed by atoms with Gasteiger partial charge in [0, 0.05) is 10.8 Å². The molecular formula is C40H38N2S2. The number of nitrogens with zero attached hydrogens (tertiary/aromatic N) is 2. The molecule has 4 aromatic carbocycles. The first-order valence-electron chi connectivity index (χ1n) is 15.2. The highest BCUT2D eigenvalue weighted by atomic mass is 32.1. The Labute approximate surface area is 269 Å². The zero-order valence-corrected chi connectivity index (χ0v) is 27.5. The van der Waals surface area contributed by atoms with E-state index in [4.69, 9.17) is 9.97 Å². The average molecular weight is 611 g/mol. The van der Waals surface area contributed by atoms with Crippen molar-refractivity contribution >= 4 is 43.5 Å². The van der Waals surface area contributed by atoms with Gasteiger partial charge in [0.15, 0.2) is 9.66 Å². The molecule has 220 valence electrons. The molecule has 0 fully saturated rings. The van der Waals surface area contributed by atoms with Gasteiger partial charge in [0.2, 0.25) is 0 Å². The van der Waals surface area contributed by atoms with Crippen LogP contribution in [0.4, 0.5) is 0 Å². The molecular weight excluding hydrogens is 573 g/mol. The lowest BCUT2D eigenvalue weighted by atomic mass is 9.87. The number of aromatic nitrogens is 2. The molecule has 0 spiro atoms. The van der Waals surface area contributed by atoms with Gasteiger partial charge in [0.05, 0.1) is 0 Å². The predicted molar refractivity (Wildman–Crippen MR) is 191 cm³/mol. The van der Waals surface area contributed by atoms with E-state index in [-0.39, 0.29) is 10.8 Å². The van der Waals surface area contributed by atoms with Gasteiger partial charge < -0.3 is 0 Å². The van der Waals surface area contributed by atoms with Gasteiger partial charge in [-0.25, -0.2) is 9.97 Å². The number of hydrogen-bond donors (Lipinski definition) is 0. The lowest BCUT2D eigenvalue weighted by Crippen LogP contribution is -2.16. The number of benzene rings is 4. The van der Waals surface area contributed by atoms with E-state index in [1.165, 1.54) is 33.4 Å². The minimum Gasteiger partial charge on any atom is -0.228 e. The van der Waals surface area contributed by atoms with Crippen LogP contribution in [0.3, 0.4) is 0 Å². The standard InChI is InChI=1S/C40H38N2S2/c1-39(2,27-25-33(29-17-9-5-10-18-29)30-19-11-6-12-20-30)37-41-35-36(43-37)42-38(44-35)40(3,4)28-26-34(31-21-13-7-14-22-31)32-23-15-8-16-24-32/h5-26H,27-28H2,1-4H3. The van der Waals surface area contributed by atoms with Crippen molar-refractivity contribution in [2.75, 3.05) is 0 Å². The molecule has 0 bridgehead atoms. The number of thiazole rings is 2. The molecule has 0 N–H and O–H groups in total. The van der Waals surface area contributed by atoms with Gasteiger partial charge in [-0.05, 0) is 46.2 Å². The highest BCUT2D eigenvalue weighted by Crippen LogP contribution is 2.41. The molecule has 0 amide bonds. The minimum atomic E-state index is -0.113. The average Bonchev–Trinajstić information content (AvgIpc) is 3.65. The maximum atomic E-state index is 5.16. The Balaban J connectivity index is 1.24. The van der Waals surface area contributed by atoms with Crippen LogP contribution in [0.15, 0.2) is 133 Å². The first kappa shape index (κ1) is 29.9. The van der Waals surface area contributed by atoms with E-state index in [0.29, 0.717) is 0 Å². The molecule has 44 heavy (non-hydrogen) atoms. The van der Waals surface area contributed by atoms with Crippen LogP contribution in [0.1, 0.15) is 72.8 Å². The smallest absolute Gasteiger partial charge is 0.155 e. The monoisotopic (exact) mass is 610 g/mol. The maximum absolute atomic E-state index is 5.16. The molecule has 0 aliphatic heterocycles. The van der Waals surface area contributed by atoms with E-state index in [2.05, 4.69) is 161 Å². The molecule has 4 heteroatoms. The van der Waals surface area contributed by atoms with E-state index in [9.17, 15) is 0 Å². The van der Waals surface area contributed by atoms with Crippen molar-refractivity contribution in [3.05, 3.63) is 166 Å². The highest BCUT2D eigenvalue weighted by Gasteiger charge is 2.29. The van der Waals surface area contributed by atoms with E-state index >= 15 is 0 Å². The molecule has 6 rings (SSSR count). The van der Waals surface area contributed by atoms with Gasteiger partial charge in [-0.3, -0.25) is 0 Å². The topological polar surface area (TPSA) is 25.8 Å². The molecule has 0 saturated carbocycles. The van der Waals surface area contributed by atoms with Crippen molar-refractivity contribution in [2.45, 2.75) is 51.4 Å². The van der Waals surface area contributed by atoms with Gasteiger partial charge in [-0.15, -0.1) is 0 Å². The quantitative estimate of drug-likeness (QED) is 0.154. The largest absolute Gasteiger partial charge is 0.228 e. The fourth-order valence-electron chi connectivity index (χ4n) is 5.39. The Bertz CT molecular complexity index is 1630. The minimum absolute atomic E-state index is 0.113.